The van der Waals surface area contributed by atoms with Crippen molar-refractivity contribution < 1.29 is 5.11 Å². The molecule has 0 saturated carbocycles. The van der Waals surface area contributed by atoms with Crippen molar-refractivity contribution in [1.82, 2.24) is 4.98 Å². The average molecular weight is 320 g/mol. The molecule has 0 spiro atoms. The average Bonchev–Trinajstić information content (AvgIpc) is 2.34. The lowest BCUT2D eigenvalue weighted by molar-refractivity contribution is 0.0874. The lowest BCUT2D eigenvalue weighted by Crippen LogP contribution is -2.39. The topological polar surface area (TPSA) is 48.4 Å². The maximum absolute atomic E-state index is 9.98. The molecule has 1 heterocycles. The first-order valence-electron chi connectivity index (χ1n) is 6.85. The Labute approximate surface area is 131 Å². The third-order valence-corrected chi connectivity index (χ3v) is 3.28. The summed E-state index contributed by atoms with van der Waals surface area (Å²) >= 11 is 12.4. The summed E-state index contributed by atoms with van der Waals surface area (Å²) in [5, 5.41) is 14.2. The number of nitrogens with one attached hydrogen (secondary N) is 1. The summed E-state index contributed by atoms with van der Waals surface area (Å²) in [5.74, 6) is 1.27. The van der Waals surface area contributed by atoms with Crippen molar-refractivity contribution >= 4 is 34.8 Å². The Morgan fingerprint density at radius 3 is 2.45 bits per heavy atom. The van der Waals surface area contributed by atoms with E-state index < -0.39 is 5.60 Å². The van der Waals surface area contributed by atoms with Gasteiger partial charge >= 0.3 is 0 Å². The molecule has 0 saturated heterocycles. The molecule has 1 rings (SSSR count). The Hall–Kier alpha value is -0.710. The molecule has 2 N–H and O–H groups in total. The van der Waals surface area contributed by atoms with E-state index in [4.69, 9.17) is 23.2 Å². The molecule has 0 radical (unpaired) electrons. The number of halogens is 2. The van der Waals surface area contributed by atoms with E-state index >= 15 is 0 Å². The largest absolute Gasteiger partial charge is 0.389 e. The number of hydrogen-bond acceptors (Lipinski definition) is 4. The van der Waals surface area contributed by atoms with Gasteiger partial charge in [-0.1, -0.05) is 30.1 Å². The van der Waals surface area contributed by atoms with Gasteiger partial charge in [0.25, 0.3) is 0 Å². The highest BCUT2D eigenvalue weighted by molar-refractivity contribution is 6.37. The predicted molar refractivity (Wildman–Crippen MR) is 87.2 cm³/mol. The molecule has 1 aromatic heterocycles. The summed E-state index contributed by atoms with van der Waals surface area (Å²) < 4.78 is 0. The van der Waals surface area contributed by atoms with E-state index in [9.17, 15) is 5.11 Å². The first-order valence-corrected chi connectivity index (χ1v) is 7.61. The minimum absolute atomic E-state index is 0.449. The third kappa shape index (κ3) is 5.00. The fourth-order valence-corrected chi connectivity index (χ4v) is 2.39. The molecule has 20 heavy (non-hydrogen) atoms. The molecule has 0 bridgehead atoms. The van der Waals surface area contributed by atoms with Crippen molar-refractivity contribution in [2.24, 2.45) is 0 Å². The van der Waals surface area contributed by atoms with Gasteiger partial charge in [0.2, 0.25) is 0 Å². The summed E-state index contributed by atoms with van der Waals surface area (Å²) in [4.78, 5) is 6.44. The van der Waals surface area contributed by atoms with E-state index in [1.54, 1.807) is 19.9 Å². The van der Waals surface area contributed by atoms with Crippen LogP contribution in [-0.2, 0) is 0 Å². The van der Waals surface area contributed by atoms with Gasteiger partial charge < -0.3 is 15.3 Å². The Balaban J connectivity index is 3.08. The molecular weight excluding hydrogens is 297 g/mol. The molecule has 6 heteroatoms. The third-order valence-electron chi connectivity index (χ3n) is 2.71. The van der Waals surface area contributed by atoms with Crippen LogP contribution in [0.1, 0.15) is 34.1 Å². The van der Waals surface area contributed by atoms with Gasteiger partial charge in [0, 0.05) is 19.6 Å². The summed E-state index contributed by atoms with van der Waals surface area (Å²) in [6.45, 7) is 9.54. The van der Waals surface area contributed by atoms with Crippen LogP contribution < -0.4 is 10.2 Å². The number of aliphatic hydroxyl groups is 1. The monoisotopic (exact) mass is 319 g/mol. The molecule has 114 valence electrons. The summed E-state index contributed by atoms with van der Waals surface area (Å²) in [7, 11) is 0. The molecule has 0 fully saturated rings. The quantitative estimate of drug-likeness (QED) is 0.802. The van der Waals surface area contributed by atoms with E-state index in [1.165, 1.54) is 0 Å². The maximum atomic E-state index is 9.98. The number of anilines is 2. The minimum atomic E-state index is -0.822. The van der Waals surface area contributed by atoms with Crippen molar-refractivity contribution in [2.75, 3.05) is 29.9 Å². The van der Waals surface area contributed by atoms with Crippen LogP contribution in [0, 0.1) is 0 Å². The first kappa shape index (κ1) is 17.3. The number of aromatic nitrogens is 1. The van der Waals surface area contributed by atoms with Crippen molar-refractivity contribution in [2.45, 2.75) is 39.7 Å². The normalized spacial score (nSPS) is 11.6. The van der Waals surface area contributed by atoms with E-state index in [2.05, 4.69) is 17.2 Å². The Kier molecular flexibility index (Phi) is 6.37. The molecule has 1 aromatic rings. The second kappa shape index (κ2) is 7.34. The number of hydrogen-bond donors (Lipinski definition) is 2. The molecule has 0 aromatic carbocycles. The zero-order chi connectivity index (χ0) is 15.3. The number of pyridine rings is 1. The van der Waals surface area contributed by atoms with Crippen LogP contribution in [0.2, 0.25) is 10.0 Å². The highest BCUT2D eigenvalue weighted by Gasteiger charge is 2.21. The molecule has 0 aliphatic carbocycles. The van der Waals surface area contributed by atoms with Crippen LogP contribution in [0.5, 0.6) is 0 Å². The zero-order valence-electron chi connectivity index (χ0n) is 12.5. The Morgan fingerprint density at radius 1 is 1.30 bits per heavy atom. The van der Waals surface area contributed by atoms with Crippen molar-refractivity contribution in [1.29, 1.82) is 0 Å². The van der Waals surface area contributed by atoms with Crippen molar-refractivity contribution in [3.05, 3.63) is 16.1 Å². The van der Waals surface area contributed by atoms with Gasteiger partial charge in [0.05, 0.1) is 15.6 Å². The van der Waals surface area contributed by atoms with Crippen molar-refractivity contribution in [3.63, 3.8) is 0 Å². The Morgan fingerprint density at radius 2 is 1.95 bits per heavy atom. The van der Waals surface area contributed by atoms with Gasteiger partial charge in [0.1, 0.15) is 11.6 Å². The molecule has 0 aliphatic rings. The molecule has 0 unspecified atom stereocenters. The van der Waals surface area contributed by atoms with E-state index in [0.717, 1.165) is 13.0 Å². The summed E-state index contributed by atoms with van der Waals surface area (Å²) in [5.41, 5.74) is -0.822. The minimum Gasteiger partial charge on any atom is -0.389 e. The van der Waals surface area contributed by atoms with E-state index in [1.807, 2.05) is 11.8 Å². The van der Waals surface area contributed by atoms with Gasteiger partial charge in [-0.15, -0.1) is 0 Å². The number of nitrogens with zero attached hydrogens (tertiary/aromatic N) is 2. The van der Waals surface area contributed by atoms with Gasteiger partial charge in [-0.25, -0.2) is 4.98 Å². The second-order valence-electron chi connectivity index (χ2n) is 5.38. The van der Waals surface area contributed by atoms with E-state index in [-0.39, 0.29) is 0 Å². The van der Waals surface area contributed by atoms with Gasteiger partial charge in [-0.2, -0.15) is 0 Å². The first-order chi connectivity index (χ1) is 9.28. The summed E-state index contributed by atoms with van der Waals surface area (Å²) in [6.07, 6.45) is 0.983. The highest BCUT2D eigenvalue weighted by atomic mass is 35.5. The predicted octanol–water partition coefficient (Wildman–Crippen LogP) is 3.81. The fraction of sp³-hybridized carbons (Fsp3) is 0.643. The van der Waals surface area contributed by atoms with Crippen LogP contribution in [0.3, 0.4) is 0 Å². The van der Waals surface area contributed by atoms with E-state index in [0.29, 0.717) is 34.8 Å². The molecule has 4 nitrogen and oxygen atoms in total. The van der Waals surface area contributed by atoms with Crippen LogP contribution in [0.25, 0.3) is 0 Å². The number of likely N-dealkylation sites (N-methyl/N-ethyl adjacent to an activating group) is 1. The van der Waals surface area contributed by atoms with Crippen molar-refractivity contribution in [3.8, 4) is 0 Å². The van der Waals surface area contributed by atoms with Crippen LogP contribution in [0.4, 0.5) is 11.6 Å². The number of rotatable bonds is 7. The highest BCUT2D eigenvalue weighted by Crippen LogP contribution is 2.32. The fourth-order valence-electron chi connectivity index (χ4n) is 1.85. The lowest BCUT2D eigenvalue weighted by Gasteiger charge is -2.30. The lowest BCUT2D eigenvalue weighted by atomic mass is 10.1. The molecular formula is C14H23Cl2N3O. The van der Waals surface area contributed by atoms with Crippen LogP contribution in [-0.4, -0.2) is 35.3 Å². The standard InChI is InChI=1S/C14H23Cl2N3O/c1-5-7-17-12-10(15)8-11(16)13(18-12)19(6-2)9-14(3,4)20/h8,20H,5-7,9H2,1-4H3,(H,17,18). The SMILES string of the molecule is CCCNc1nc(N(CC)CC(C)(C)O)c(Cl)cc1Cl. The van der Waals surface area contributed by atoms with Gasteiger partial charge in [0.15, 0.2) is 0 Å². The smallest absolute Gasteiger partial charge is 0.150 e. The zero-order valence-corrected chi connectivity index (χ0v) is 14.0. The molecule has 0 amide bonds. The maximum Gasteiger partial charge on any atom is 0.150 e. The second-order valence-corrected chi connectivity index (χ2v) is 6.19. The van der Waals surface area contributed by atoms with Crippen LogP contribution >= 0.6 is 23.2 Å². The summed E-state index contributed by atoms with van der Waals surface area (Å²) in [6, 6.07) is 1.69. The molecule has 0 aliphatic heterocycles. The van der Waals surface area contributed by atoms with Gasteiger partial charge in [-0.3, -0.25) is 0 Å². The molecule has 0 atom stereocenters. The van der Waals surface area contributed by atoms with Crippen LogP contribution in [0.15, 0.2) is 6.07 Å². The Bertz CT molecular complexity index is 447. The van der Waals surface area contributed by atoms with Gasteiger partial charge in [-0.05, 0) is 33.3 Å².